The predicted octanol–water partition coefficient (Wildman–Crippen LogP) is 2.21. The molecule has 106 valence electrons. The fraction of sp³-hybridized carbons (Fsp3) is 0.267. The lowest BCUT2D eigenvalue weighted by Crippen LogP contribution is -2.06. The molecule has 1 aromatic heterocycles. The van der Waals surface area contributed by atoms with E-state index in [0.29, 0.717) is 23.4 Å². The van der Waals surface area contributed by atoms with E-state index in [1.54, 1.807) is 20.2 Å². The summed E-state index contributed by atoms with van der Waals surface area (Å²) in [6, 6.07) is 7.53. The van der Waals surface area contributed by atoms with Crippen LogP contribution in [0.1, 0.15) is 16.8 Å². The summed E-state index contributed by atoms with van der Waals surface area (Å²) < 4.78 is 5.26. The van der Waals surface area contributed by atoms with Crippen LogP contribution in [0.5, 0.6) is 11.5 Å². The van der Waals surface area contributed by atoms with Crippen LogP contribution in [0.25, 0.3) is 0 Å². The minimum atomic E-state index is -0.163. The highest BCUT2D eigenvalue weighted by atomic mass is 16.5. The van der Waals surface area contributed by atoms with E-state index in [9.17, 15) is 10.2 Å². The van der Waals surface area contributed by atoms with E-state index in [2.05, 4.69) is 10.3 Å². The number of nitrogens with one attached hydrogen (secondary N) is 1. The van der Waals surface area contributed by atoms with Crippen LogP contribution in [0.15, 0.2) is 30.5 Å². The number of ether oxygens (including phenoxy) is 1. The molecule has 0 aliphatic rings. The van der Waals surface area contributed by atoms with Crippen molar-refractivity contribution in [2.45, 2.75) is 20.1 Å². The third-order valence-electron chi connectivity index (χ3n) is 3.16. The Balaban J connectivity index is 2.25. The molecule has 2 rings (SSSR count). The topological polar surface area (TPSA) is 74.6 Å². The molecule has 1 heterocycles. The average molecular weight is 274 g/mol. The predicted molar refractivity (Wildman–Crippen MR) is 76.9 cm³/mol. The molecule has 0 unspecified atom stereocenters. The van der Waals surface area contributed by atoms with Gasteiger partial charge in [-0.25, -0.2) is 0 Å². The summed E-state index contributed by atoms with van der Waals surface area (Å²) in [4.78, 5) is 4.04. The number of aromatic nitrogens is 1. The van der Waals surface area contributed by atoms with Crippen LogP contribution in [0.4, 0.5) is 5.69 Å². The molecule has 5 heteroatoms. The van der Waals surface area contributed by atoms with Crippen molar-refractivity contribution < 1.29 is 14.9 Å². The van der Waals surface area contributed by atoms with Crippen LogP contribution in [-0.4, -0.2) is 22.3 Å². The highest BCUT2D eigenvalue weighted by molar-refractivity contribution is 5.57. The highest BCUT2D eigenvalue weighted by Gasteiger charge is 2.11. The number of pyridine rings is 1. The summed E-state index contributed by atoms with van der Waals surface area (Å²) in [6.07, 6.45) is 1.58. The van der Waals surface area contributed by atoms with E-state index in [0.717, 1.165) is 11.4 Å². The van der Waals surface area contributed by atoms with Gasteiger partial charge in [-0.3, -0.25) is 4.98 Å². The van der Waals surface area contributed by atoms with Gasteiger partial charge in [0.2, 0.25) is 0 Å². The molecule has 2 aromatic rings. The van der Waals surface area contributed by atoms with Crippen LogP contribution in [-0.2, 0) is 13.2 Å². The number of aryl methyl sites for hydroxylation is 1. The molecule has 3 N–H and O–H groups in total. The summed E-state index contributed by atoms with van der Waals surface area (Å²) >= 11 is 0. The number of methoxy groups -OCH3 is 1. The van der Waals surface area contributed by atoms with E-state index < -0.39 is 0 Å². The summed E-state index contributed by atoms with van der Waals surface area (Å²) in [7, 11) is 1.60. The van der Waals surface area contributed by atoms with Gasteiger partial charge in [-0.2, -0.15) is 0 Å². The second-order valence-electron chi connectivity index (χ2n) is 4.41. The van der Waals surface area contributed by atoms with Crippen molar-refractivity contribution in [3.05, 3.63) is 47.3 Å². The largest absolute Gasteiger partial charge is 0.506 e. The first-order chi connectivity index (χ1) is 9.67. The first-order valence-electron chi connectivity index (χ1n) is 6.31. The van der Waals surface area contributed by atoms with Gasteiger partial charge in [-0.1, -0.05) is 12.1 Å². The molecule has 0 saturated heterocycles. The van der Waals surface area contributed by atoms with Crippen molar-refractivity contribution >= 4 is 5.69 Å². The van der Waals surface area contributed by atoms with E-state index >= 15 is 0 Å². The van der Waals surface area contributed by atoms with Gasteiger partial charge in [0.25, 0.3) is 0 Å². The Morgan fingerprint density at radius 1 is 1.30 bits per heavy atom. The molecule has 20 heavy (non-hydrogen) atoms. The van der Waals surface area contributed by atoms with Crippen molar-refractivity contribution in [3.8, 4) is 11.5 Å². The SMILES string of the molecule is COc1ccccc1NCc1c(CO)cnc(C)c1O. The number of aliphatic hydroxyl groups is 1. The van der Waals surface area contributed by atoms with Crippen molar-refractivity contribution in [1.82, 2.24) is 4.98 Å². The fourth-order valence-electron chi connectivity index (χ4n) is 1.99. The van der Waals surface area contributed by atoms with Crippen molar-refractivity contribution in [2.75, 3.05) is 12.4 Å². The Labute approximate surface area is 117 Å². The molecule has 1 aromatic carbocycles. The first kappa shape index (κ1) is 14.1. The van der Waals surface area contributed by atoms with Gasteiger partial charge in [0.15, 0.2) is 0 Å². The Morgan fingerprint density at radius 2 is 2.05 bits per heavy atom. The molecule has 0 amide bonds. The number of anilines is 1. The third-order valence-corrected chi connectivity index (χ3v) is 3.16. The highest BCUT2D eigenvalue weighted by Crippen LogP contribution is 2.28. The van der Waals surface area contributed by atoms with Gasteiger partial charge in [-0.15, -0.1) is 0 Å². The molecule has 0 saturated carbocycles. The molecule has 0 aliphatic carbocycles. The molecule has 0 radical (unpaired) electrons. The molecule has 0 atom stereocenters. The van der Waals surface area contributed by atoms with Crippen molar-refractivity contribution in [1.29, 1.82) is 0 Å². The van der Waals surface area contributed by atoms with Crippen LogP contribution in [0.3, 0.4) is 0 Å². The first-order valence-corrected chi connectivity index (χ1v) is 6.31. The van der Waals surface area contributed by atoms with Gasteiger partial charge in [0.1, 0.15) is 11.5 Å². The molecule has 0 fully saturated rings. The molecule has 5 nitrogen and oxygen atoms in total. The zero-order valence-electron chi connectivity index (χ0n) is 11.6. The van der Waals surface area contributed by atoms with Crippen molar-refractivity contribution in [2.24, 2.45) is 0 Å². The van der Waals surface area contributed by atoms with Crippen LogP contribution >= 0.6 is 0 Å². The van der Waals surface area contributed by atoms with Gasteiger partial charge in [0.05, 0.1) is 25.1 Å². The summed E-state index contributed by atoms with van der Waals surface area (Å²) in [6.45, 7) is 1.94. The second-order valence-corrected chi connectivity index (χ2v) is 4.41. The van der Waals surface area contributed by atoms with Gasteiger partial charge in [-0.05, 0) is 19.1 Å². The molecule has 0 bridgehead atoms. The zero-order chi connectivity index (χ0) is 14.5. The summed E-state index contributed by atoms with van der Waals surface area (Å²) in [5.41, 5.74) is 2.62. The Kier molecular flexibility index (Phi) is 4.42. The quantitative estimate of drug-likeness (QED) is 0.779. The summed E-state index contributed by atoms with van der Waals surface area (Å²) in [5, 5.41) is 22.6. The number of aliphatic hydroxyl groups excluding tert-OH is 1. The van der Waals surface area contributed by atoms with Crippen LogP contribution in [0.2, 0.25) is 0 Å². The van der Waals surface area contributed by atoms with E-state index in [4.69, 9.17) is 4.74 Å². The van der Waals surface area contributed by atoms with Crippen LogP contribution in [0, 0.1) is 6.92 Å². The van der Waals surface area contributed by atoms with Gasteiger partial charge < -0.3 is 20.3 Å². The minimum absolute atomic E-state index is 0.110. The maximum atomic E-state index is 10.1. The number of para-hydroxylation sites is 2. The standard InChI is InChI=1S/C15H18N2O3/c1-10-15(19)12(11(9-18)7-16-10)8-17-13-5-3-4-6-14(13)20-2/h3-7,17-19H,8-9H2,1-2H3. The number of benzene rings is 1. The van der Waals surface area contributed by atoms with Gasteiger partial charge >= 0.3 is 0 Å². The Hall–Kier alpha value is -2.27. The zero-order valence-corrected chi connectivity index (χ0v) is 11.6. The smallest absolute Gasteiger partial charge is 0.142 e. The van der Waals surface area contributed by atoms with E-state index in [1.807, 2.05) is 24.3 Å². The van der Waals surface area contributed by atoms with E-state index in [-0.39, 0.29) is 12.4 Å². The number of hydrogen-bond donors (Lipinski definition) is 3. The monoisotopic (exact) mass is 274 g/mol. The molecule has 0 aliphatic heterocycles. The number of hydrogen-bond acceptors (Lipinski definition) is 5. The Bertz CT molecular complexity index is 600. The lowest BCUT2D eigenvalue weighted by atomic mass is 10.1. The van der Waals surface area contributed by atoms with Gasteiger partial charge in [0, 0.05) is 23.9 Å². The number of nitrogens with zero attached hydrogens (tertiary/aromatic N) is 1. The maximum absolute atomic E-state index is 10.1. The lowest BCUT2D eigenvalue weighted by molar-refractivity contribution is 0.279. The molecular weight excluding hydrogens is 256 g/mol. The molecule has 0 spiro atoms. The van der Waals surface area contributed by atoms with Crippen LogP contribution < -0.4 is 10.1 Å². The molecular formula is C15H18N2O3. The fourth-order valence-corrected chi connectivity index (χ4v) is 1.99. The number of aromatic hydroxyl groups is 1. The number of rotatable bonds is 5. The maximum Gasteiger partial charge on any atom is 0.142 e. The average Bonchev–Trinajstić information content (AvgIpc) is 2.49. The minimum Gasteiger partial charge on any atom is -0.506 e. The normalized spacial score (nSPS) is 10.3. The summed E-state index contributed by atoms with van der Waals surface area (Å²) in [5.74, 6) is 0.835. The Morgan fingerprint density at radius 3 is 2.75 bits per heavy atom. The lowest BCUT2D eigenvalue weighted by Gasteiger charge is -2.14. The third kappa shape index (κ3) is 2.83. The second kappa shape index (κ2) is 6.25. The van der Waals surface area contributed by atoms with E-state index in [1.165, 1.54) is 0 Å². The van der Waals surface area contributed by atoms with Crippen molar-refractivity contribution in [3.63, 3.8) is 0 Å².